The number of hydrogen-bond donors (Lipinski definition) is 0. The number of hydrogen-bond acceptors (Lipinski definition) is 0. The number of halogens is 2. The zero-order valence-corrected chi connectivity index (χ0v) is 2.45. The van der Waals surface area contributed by atoms with Gasteiger partial charge in [0, 0.05) is 0 Å². The molecule has 0 rings (SSSR count). The third-order valence-corrected chi connectivity index (χ3v) is 0. The van der Waals surface area contributed by atoms with Crippen molar-refractivity contribution >= 4 is 81.4 Å². The Balaban J connectivity index is 0. The van der Waals surface area contributed by atoms with Crippen LogP contribution in [0.2, 0.25) is 0 Å². The van der Waals surface area contributed by atoms with Crippen LogP contribution in [0.4, 0.5) is 0 Å². The predicted molar refractivity (Wildman–Crippen MR) is 30.2 cm³/mol. The van der Waals surface area contributed by atoms with E-state index in [0.717, 1.165) is 0 Å². The minimum atomic E-state index is 0. The molecule has 0 nitrogen and oxygen atoms in total. The fourth-order valence-electron chi connectivity index (χ4n) is 0. The van der Waals surface area contributed by atoms with E-state index in [0.29, 0.717) is 0 Å². The van der Waals surface area contributed by atoms with E-state index in [-0.39, 0.29) is 81.4 Å². The van der Waals surface area contributed by atoms with E-state index in [1.807, 2.05) is 0 Å². The third-order valence-electron chi connectivity index (χ3n) is 0. The zero-order valence-electron chi connectivity index (χ0n) is 0.816. The summed E-state index contributed by atoms with van der Waals surface area (Å²) in [6.45, 7) is 0. The van der Waals surface area contributed by atoms with Crippen molar-refractivity contribution in [2.75, 3.05) is 0 Å². The van der Waals surface area contributed by atoms with Gasteiger partial charge in [0.1, 0.15) is 0 Å². The summed E-state index contributed by atoms with van der Waals surface area (Å²) in [4.78, 5) is 0. The molecule has 0 aliphatic heterocycles. The molecule has 0 saturated heterocycles. The molecule has 0 radical (unpaired) electrons. The fourth-order valence-corrected chi connectivity index (χ4v) is 0. The van der Waals surface area contributed by atoms with Crippen LogP contribution in [-0.4, -0.2) is 56.6 Å². The minimum absolute atomic E-state index is 0. The van der Waals surface area contributed by atoms with Gasteiger partial charge in [-0.15, -0.1) is 24.8 Å². The Morgan fingerprint density at radius 2 is 0.750 bits per heavy atom. The predicted octanol–water partition coefficient (Wildman–Crippen LogP) is -0.721. The maximum atomic E-state index is 0. The first-order valence-corrected chi connectivity index (χ1v) is 0. The van der Waals surface area contributed by atoms with Gasteiger partial charge in [-0.2, -0.15) is 0 Å². The molecule has 4 heavy (non-hydrogen) atoms. The van der Waals surface area contributed by atoms with Gasteiger partial charge < -0.3 is 0 Å². The van der Waals surface area contributed by atoms with Crippen LogP contribution in [0.1, 0.15) is 0 Å². The summed E-state index contributed by atoms with van der Waals surface area (Å²) in [6.07, 6.45) is 0. The molecule has 0 spiro atoms. The molecule has 0 heterocycles. The van der Waals surface area contributed by atoms with Crippen molar-refractivity contribution in [3.63, 3.8) is 0 Å². The molecular formula is H5CaCl2Li. The van der Waals surface area contributed by atoms with E-state index >= 15 is 0 Å². The van der Waals surface area contributed by atoms with Gasteiger partial charge in [0.2, 0.25) is 0 Å². The zero-order chi connectivity index (χ0) is 0. The molecule has 0 bridgehead atoms. The Morgan fingerprint density at radius 1 is 0.750 bits per heavy atom. The summed E-state index contributed by atoms with van der Waals surface area (Å²) in [7, 11) is 0. The number of rotatable bonds is 0. The van der Waals surface area contributed by atoms with Crippen molar-refractivity contribution in [3.8, 4) is 0 Å². The van der Waals surface area contributed by atoms with Gasteiger partial charge in [-0.1, -0.05) is 0 Å². The molecule has 0 aromatic rings. The van der Waals surface area contributed by atoms with Crippen molar-refractivity contribution in [2.45, 2.75) is 0 Å². The average Bonchev–Trinajstić information content (AvgIpc) is 0. The van der Waals surface area contributed by atoms with Crippen molar-refractivity contribution in [1.82, 2.24) is 0 Å². The SMILES string of the molecule is Cl.Cl.[CaH2].[LiH]. The summed E-state index contributed by atoms with van der Waals surface area (Å²) in [5, 5.41) is 0. The van der Waals surface area contributed by atoms with E-state index in [2.05, 4.69) is 0 Å². The van der Waals surface area contributed by atoms with E-state index in [4.69, 9.17) is 0 Å². The van der Waals surface area contributed by atoms with Crippen LogP contribution in [0.25, 0.3) is 0 Å². The van der Waals surface area contributed by atoms with Crippen LogP contribution < -0.4 is 0 Å². The quantitative estimate of drug-likeness (QED) is 0.373. The second-order valence-electron chi connectivity index (χ2n) is 0. The Morgan fingerprint density at radius 3 is 0.750 bits per heavy atom. The molecule has 0 aliphatic carbocycles. The van der Waals surface area contributed by atoms with Crippen LogP contribution >= 0.6 is 24.8 Å². The van der Waals surface area contributed by atoms with Gasteiger partial charge >= 0.3 is 56.6 Å². The molecule has 0 saturated carbocycles. The summed E-state index contributed by atoms with van der Waals surface area (Å²) in [5.74, 6) is 0. The summed E-state index contributed by atoms with van der Waals surface area (Å²) >= 11 is 0. The topological polar surface area (TPSA) is 0 Å². The van der Waals surface area contributed by atoms with E-state index < -0.39 is 0 Å². The second-order valence-corrected chi connectivity index (χ2v) is 0. The second kappa shape index (κ2) is 18.0. The first kappa shape index (κ1) is 32.0. The Hall–Kier alpha value is 2.44. The van der Waals surface area contributed by atoms with Crippen molar-refractivity contribution in [3.05, 3.63) is 0 Å². The van der Waals surface area contributed by atoms with Crippen LogP contribution in [0.5, 0.6) is 0 Å². The Bertz CT molecular complexity index is 6.00. The molecule has 0 atom stereocenters. The van der Waals surface area contributed by atoms with E-state index in [1.54, 1.807) is 0 Å². The standard InChI is InChI=1S/Ca.2ClH.Li.3H/h;2*1H;;;;. The van der Waals surface area contributed by atoms with Crippen LogP contribution in [-0.2, 0) is 0 Å². The first-order chi connectivity index (χ1) is 0. The van der Waals surface area contributed by atoms with Gasteiger partial charge in [-0.05, 0) is 0 Å². The molecule has 0 aromatic heterocycles. The Kier molecular flexibility index (Phi) is 144. The average molecular weight is 123 g/mol. The molecular weight excluding hydrogens is 118 g/mol. The van der Waals surface area contributed by atoms with Crippen molar-refractivity contribution in [2.24, 2.45) is 0 Å². The van der Waals surface area contributed by atoms with E-state index in [1.165, 1.54) is 0 Å². The monoisotopic (exact) mass is 122 g/mol. The summed E-state index contributed by atoms with van der Waals surface area (Å²) in [5.41, 5.74) is 0. The normalized spacial score (nSPS) is 0. The molecule has 0 fully saturated rings. The Labute approximate surface area is 80.1 Å². The molecule has 0 unspecified atom stereocenters. The van der Waals surface area contributed by atoms with Crippen molar-refractivity contribution in [1.29, 1.82) is 0 Å². The molecule has 4 heteroatoms. The summed E-state index contributed by atoms with van der Waals surface area (Å²) in [6, 6.07) is 0. The molecule has 0 N–H and O–H groups in total. The van der Waals surface area contributed by atoms with Gasteiger partial charge in [0.25, 0.3) is 0 Å². The summed E-state index contributed by atoms with van der Waals surface area (Å²) < 4.78 is 0. The van der Waals surface area contributed by atoms with Crippen LogP contribution in [0.15, 0.2) is 0 Å². The molecule has 0 amide bonds. The van der Waals surface area contributed by atoms with Gasteiger partial charge in [-0.3, -0.25) is 0 Å². The third kappa shape index (κ3) is 8.83. The molecule has 22 valence electrons. The first-order valence-electron chi connectivity index (χ1n) is 0. The van der Waals surface area contributed by atoms with Gasteiger partial charge in [0.15, 0.2) is 0 Å². The molecule has 0 aliphatic rings. The van der Waals surface area contributed by atoms with Crippen molar-refractivity contribution < 1.29 is 0 Å². The van der Waals surface area contributed by atoms with Gasteiger partial charge in [-0.25, -0.2) is 0 Å². The molecule has 0 aromatic carbocycles. The van der Waals surface area contributed by atoms with Crippen LogP contribution in [0.3, 0.4) is 0 Å². The van der Waals surface area contributed by atoms with Crippen LogP contribution in [0, 0.1) is 0 Å². The maximum absolute atomic E-state index is 0. The fraction of sp³-hybridized carbons (Fsp3) is 0. The van der Waals surface area contributed by atoms with E-state index in [9.17, 15) is 0 Å². The van der Waals surface area contributed by atoms with Gasteiger partial charge in [0.05, 0.1) is 0 Å².